The summed E-state index contributed by atoms with van der Waals surface area (Å²) in [4.78, 5) is 24.5. The maximum Gasteiger partial charge on any atom is 0.306 e. The molecule has 0 aliphatic rings. The highest BCUT2D eigenvalue weighted by Crippen LogP contribution is 2.15. The third-order valence-electron chi connectivity index (χ3n) is 11.6. The van der Waals surface area contributed by atoms with Crippen LogP contribution in [-0.2, 0) is 19.1 Å². The van der Waals surface area contributed by atoms with Gasteiger partial charge in [-0.15, -0.1) is 0 Å². The lowest BCUT2D eigenvalue weighted by Crippen LogP contribution is -2.28. The molecule has 0 aliphatic carbocycles. The van der Waals surface area contributed by atoms with Crippen LogP contribution < -0.4 is 0 Å². The zero-order chi connectivity index (χ0) is 50.6. The molecule has 1 N–H and O–H groups in total. The number of allylic oxidation sites excluding steroid dienone is 24. The molecule has 0 fully saturated rings. The third kappa shape index (κ3) is 56.4. The minimum Gasteiger partial charge on any atom is -0.462 e. The summed E-state index contributed by atoms with van der Waals surface area (Å²) in [5.74, 6) is -0.622. The van der Waals surface area contributed by atoms with Gasteiger partial charge in [0, 0.05) is 12.8 Å². The zero-order valence-corrected chi connectivity index (χ0v) is 45.0. The van der Waals surface area contributed by atoms with Crippen molar-refractivity contribution in [2.45, 2.75) is 238 Å². The Balaban J connectivity index is 3.59. The van der Waals surface area contributed by atoms with Gasteiger partial charge in [-0.2, -0.15) is 0 Å². The Bertz CT molecular complexity index is 1510. The summed E-state index contributed by atoms with van der Waals surface area (Å²) in [6.07, 6.45) is 89.5. The van der Waals surface area contributed by atoms with Crippen molar-refractivity contribution >= 4 is 11.9 Å². The van der Waals surface area contributed by atoms with Gasteiger partial charge in [0.25, 0.3) is 0 Å². The van der Waals surface area contributed by atoms with E-state index in [2.05, 4.69) is 160 Å². The molecule has 0 aromatic rings. The number of esters is 2. The van der Waals surface area contributed by atoms with Gasteiger partial charge >= 0.3 is 11.9 Å². The van der Waals surface area contributed by atoms with E-state index in [4.69, 9.17) is 9.47 Å². The van der Waals surface area contributed by atoms with Crippen molar-refractivity contribution in [1.82, 2.24) is 0 Å². The SMILES string of the molecule is CC/C=C\C/C=C\C/C=C\C/C=C\C/C=C\C/C=C\C/C=C\CCCCCCCC(=O)OC(CO)COC(=O)CCCCCCCCCCCCCCC/C=C\C/C=C\C/C=C\C/C=C\C/C=C\CC. The molecular weight excluding hydrogens is 861 g/mol. The maximum atomic E-state index is 12.3. The summed E-state index contributed by atoms with van der Waals surface area (Å²) < 4.78 is 10.7. The molecule has 5 heteroatoms. The van der Waals surface area contributed by atoms with E-state index in [1.165, 1.54) is 70.6 Å². The molecule has 70 heavy (non-hydrogen) atoms. The van der Waals surface area contributed by atoms with Crippen molar-refractivity contribution in [1.29, 1.82) is 0 Å². The molecule has 0 aromatic heterocycles. The second-order valence-corrected chi connectivity index (χ2v) is 18.2. The summed E-state index contributed by atoms with van der Waals surface area (Å²) in [5, 5.41) is 9.66. The Morgan fingerprint density at radius 1 is 0.329 bits per heavy atom. The van der Waals surface area contributed by atoms with Gasteiger partial charge in [-0.3, -0.25) is 9.59 Å². The minimum absolute atomic E-state index is 0.0835. The van der Waals surface area contributed by atoms with E-state index in [0.717, 1.165) is 135 Å². The summed E-state index contributed by atoms with van der Waals surface area (Å²) in [6.45, 7) is 3.89. The second-order valence-electron chi connectivity index (χ2n) is 18.2. The first-order valence-electron chi connectivity index (χ1n) is 28.4. The van der Waals surface area contributed by atoms with Crippen LogP contribution in [0.4, 0.5) is 0 Å². The van der Waals surface area contributed by atoms with Gasteiger partial charge in [0.15, 0.2) is 6.10 Å². The largest absolute Gasteiger partial charge is 0.462 e. The van der Waals surface area contributed by atoms with Gasteiger partial charge in [-0.05, 0) is 116 Å². The molecule has 0 heterocycles. The van der Waals surface area contributed by atoms with Gasteiger partial charge in [-0.1, -0.05) is 250 Å². The van der Waals surface area contributed by atoms with Crippen LogP contribution in [-0.4, -0.2) is 36.4 Å². The van der Waals surface area contributed by atoms with Crippen LogP contribution in [0.15, 0.2) is 146 Å². The first-order chi connectivity index (χ1) is 34.6. The van der Waals surface area contributed by atoms with Crippen LogP contribution in [0.1, 0.15) is 232 Å². The number of carbonyl (C=O) groups excluding carboxylic acids is 2. The average Bonchev–Trinajstić information content (AvgIpc) is 3.36. The smallest absolute Gasteiger partial charge is 0.306 e. The molecule has 0 aliphatic heterocycles. The average molecular weight is 966 g/mol. The van der Waals surface area contributed by atoms with Crippen LogP contribution in [0.25, 0.3) is 0 Å². The Kier molecular flexibility index (Phi) is 55.5. The summed E-state index contributed by atoms with van der Waals surface area (Å²) in [7, 11) is 0. The highest BCUT2D eigenvalue weighted by atomic mass is 16.6. The summed E-state index contributed by atoms with van der Waals surface area (Å²) >= 11 is 0. The molecule has 0 radical (unpaired) electrons. The first kappa shape index (κ1) is 65.8. The number of carbonyl (C=O) groups is 2. The van der Waals surface area contributed by atoms with Gasteiger partial charge in [-0.25, -0.2) is 0 Å². The molecule has 1 atom stereocenters. The second kappa shape index (κ2) is 59.1. The van der Waals surface area contributed by atoms with Gasteiger partial charge < -0.3 is 14.6 Å². The molecule has 0 rings (SSSR count). The van der Waals surface area contributed by atoms with Crippen molar-refractivity contribution in [3.63, 3.8) is 0 Å². The lowest BCUT2D eigenvalue weighted by atomic mass is 10.0. The summed E-state index contributed by atoms with van der Waals surface area (Å²) in [5.41, 5.74) is 0. The third-order valence-corrected chi connectivity index (χ3v) is 11.6. The fourth-order valence-corrected chi connectivity index (χ4v) is 7.44. The number of aliphatic hydroxyl groups is 1. The Labute approximate surface area is 431 Å². The number of hydrogen-bond donors (Lipinski definition) is 1. The normalized spacial score (nSPS) is 13.4. The molecule has 0 amide bonds. The molecular formula is C65H104O5. The maximum absolute atomic E-state index is 12.3. The number of hydrogen-bond acceptors (Lipinski definition) is 5. The number of unbranched alkanes of at least 4 members (excludes halogenated alkanes) is 18. The Morgan fingerprint density at radius 2 is 0.571 bits per heavy atom. The highest BCUT2D eigenvalue weighted by molar-refractivity contribution is 5.70. The molecule has 0 aromatic carbocycles. The lowest BCUT2D eigenvalue weighted by molar-refractivity contribution is -0.161. The van der Waals surface area contributed by atoms with Crippen molar-refractivity contribution in [2.75, 3.05) is 13.2 Å². The van der Waals surface area contributed by atoms with Crippen molar-refractivity contribution < 1.29 is 24.2 Å². The van der Waals surface area contributed by atoms with Gasteiger partial charge in [0.05, 0.1) is 6.61 Å². The van der Waals surface area contributed by atoms with E-state index >= 15 is 0 Å². The van der Waals surface area contributed by atoms with Gasteiger partial charge in [0.1, 0.15) is 6.61 Å². The standard InChI is InChI=1S/C65H104O5/c1-3-5-7-9-11-13-15-17-19-21-23-25-27-29-31-32-34-35-37-39-41-43-45-47-49-51-53-55-57-59-64(67)69-62-63(61-66)70-65(68)60-58-56-54-52-50-48-46-44-42-40-38-36-33-30-28-26-24-22-20-18-16-14-12-10-8-6-4-2/h5-8,11-14,17-20,23-26,29-31,33,38,40,44,46,63,66H,3-4,9-10,15-16,21-22,27-28,32,34-37,39,41-43,45,47-62H2,1-2H3/b7-5-,8-6-,13-11-,14-12-,19-17-,20-18-,25-23-,26-24-,31-29-,33-30-,40-38-,46-44-. The quantitative estimate of drug-likeness (QED) is 0.0374. The molecule has 0 saturated heterocycles. The monoisotopic (exact) mass is 965 g/mol. The van der Waals surface area contributed by atoms with Crippen LogP contribution in [0.5, 0.6) is 0 Å². The predicted octanol–water partition coefficient (Wildman–Crippen LogP) is 19.4. The van der Waals surface area contributed by atoms with Crippen LogP contribution >= 0.6 is 0 Å². The zero-order valence-electron chi connectivity index (χ0n) is 45.0. The number of rotatable bonds is 50. The van der Waals surface area contributed by atoms with Crippen molar-refractivity contribution in [2.24, 2.45) is 0 Å². The summed E-state index contributed by atoms with van der Waals surface area (Å²) in [6, 6.07) is 0. The van der Waals surface area contributed by atoms with E-state index < -0.39 is 6.10 Å². The molecule has 5 nitrogen and oxygen atoms in total. The number of aliphatic hydroxyl groups excluding tert-OH is 1. The molecule has 0 bridgehead atoms. The van der Waals surface area contributed by atoms with E-state index in [1.54, 1.807) is 0 Å². The molecule has 0 spiro atoms. The van der Waals surface area contributed by atoms with E-state index in [-0.39, 0.29) is 25.2 Å². The van der Waals surface area contributed by atoms with Gasteiger partial charge in [0.2, 0.25) is 0 Å². The van der Waals surface area contributed by atoms with E-state index in [1.807, 2.05) is 0 Å². The van der Waals surface area contributed by atoms with Crippen LogP contribution in [0.3, 0.4) is 0 Å². The van der Waals surface area contributed by atoms with Crippen LogP contribution in [0, 0.1) is 0 Å². The van der Waals surface area contributed by atoms with Crippen molar-refractivity contribution in [3.8, 4) is 0 Å². The number of ether oxygens (including phenoxy) is 2. The highest BCUT2D eigenvalue weighted by Gasteiger charge is 2.16. The molecule has 394 valence electrons. The lowest BCUT2D eigenvalue weighted by Gasteiger charge is -2.15. The fourth-order valence-electron chi connectivity index (χ4n) is 7.44. The van der Waals surface area contributed by atoms with Crippen LogP contribution in [0.2, 0.25) is 0 Å². The van der Waals surface area contributed by atoms with E-state index in [0.29, 0.717) is 12.8 Å². The Hall–Kier alpha value is -4.22. The minimum atomic E-state index is -0.795. The first-order valence-corrected chi connectivity index (χ1v) is 28.4. The van der Waals surface area contributed by atoms with E-state index in [9.17, 15) is 14.7 Å². The predicted molar refractivity (Wildman–Crippen MR) is 306 cm³/mol. The molecule has 0 saturated carbocycles. The fraction of sp³-hybridized carbons (Fsp3) is 0.600. The van der Waals surface area contributed by atoms with Crippen molar-refractivity contribution in [3.05, 3.63) is 146 Å². The topological polar surface area (TPSA) is 72.8 Å². The Morgan fingerprint density at radius 3 is 0.857 bits per heavy atom. The molecule has 1 unspecified atom stereocenters.